The van der Waals surface area contributed by atoms with Crippen LogP contribution < -0.4 is 25.0 Å². The zero-order valence-corrected chi connectivity index (χ0v) is 21.3. The topological polar surface area (TPSA) is 134 Å². The van der Waals surface area contributed by atoms with Crippen molar-refractivity contribution in [2.75, 3.05) is 30.1 Å². The summed E-state index contributed by atoms with van der Waals surface area (Å²) in [4.78, 5) is 38.7. The number of sulfonamides is 1. The molecule has 1 aromatic carbocycles. The van der Waals surface area contributed by atoms with E-state index >= 15 is 0 Å². The normalized spacial score (nSPS) is 14.7. The molecule has 0 bridgehead atoms. The number of ether oxygens (including phenoxy) is 1. The first-order valence-corrected chi connectivity index (χ1v) is 13.2. The predicted molar refractivity (Wildman–Crippen MR) is 131 cm³/mol. The van der Waals surface area contributed by atoms with Crippen LogP contribution in [0.3, 0.4) is 0 Å². The number of rotatable bonds is 7. The van der Waals surface area contributed by atoms with E-state index in [0.29, 0.717) is 22.0 Å². The number of carbonyl (C=O) groups excluding carboxylic acids is 3. The highest BCUT2D eigenvalue weighted by Gasteiger charge is 2.30. The highest BCUT2D eigenvalue weighted by Crippen LogP contribution is 2.38. The van der Waals surface area contributed by atoms with Gasteiger partial charge in [0.2, 0.25) is 15.9 Å². The van der Waals surface area contributed by atoms with Gasteiger partial charge in [0, 0.05) is 30.8 Å². The van der Waals surface area contributed by atoms with Gasteiger partial charge in [-0.15, -0.1) is 11.3 Å². The predicted octanol–water partition coefficient (Wildman–Crippen LogP) is 2.80. The molecule has 3 N–H and O–H groups in total. The third-order valence-electron chi connectivity index (χ3n) is 5.13. The number of anilines is 2. The van der Waals surface area contributed by atoms with E-state index in [-0.39, 0.29) is 31.0 Å². The van der Waals surface area contributed by atoms with E-state index < -0.39 is 27.4 Å². The molecule has 3 rings (SSSR count). The number of benzene rings is 1. The molecule has 0 saturated carbocycles. The number of hydrogen-bond acceptors (Lipinski definition) is 7. The Morgan fingerprint density at radius 2 is 1.94 bits per heavy atom. The van der Waals surface area contributed by atoms with E-state index in [1.54, 1.807) is 23.6 Å². The fraction of sp³-hybridized carbons (Fsp3) is 0.409. The van der Waals surface area contributed by atoms with Crippen molar-refractivity contribution in [3.63, 3.8) is 0 Å². The quantitative estimate of drug-likeness (QED) is 0.527. The minimum absolute atomic E-state index is 0.112. The molecule has 12 heteroatoms. The van der Waals surface area contributed by atoms with Gasteiger partial charge in [-0.25, -0.2) is 17.9 Å². The van der Waals surface area contributed by atoms with Crippen molar-refractivity contribution in [3.8, 4) is 5.75 Å². The maximum Gasteiger partial charge on any atom is 0.328 e. The van der Waals surface area contributed by atoms with Gasteiger partial charge in [0.1, 0.15) is 5.75 Å². The maximum atomic E-state index is 13.3. The average molecular weight is 509 g/mol. The third-order valence-corrected chi connectivity index (χ3v) is 6.69. The van der Waals surface area contributed by atoms with Gasteiger partial charge in [-0.1, -0.05) is 20.8 Å². The van der Waals surface area contributed by atoms with Gasteiger partial charge in [-0.2, -0.15) is 0 Å². The van der Waals surface area contributed by atoms with Crippen molar-refractivity contribution in [1.29, 1.82) is 0 Å². The Labute approximate surface area is 202 Å². The summed E-state index contributed by atoms with van der Waals surface area (Å²) in [5.74, 6) is -0.400. The van der Waals surface area contributed by atoms with E-state index in [9.17, 15) is 22.8 Å². The van der Waals surface area contributed by atoms with Crippen molar-refractivity contribution < 1.29 is 27.5 Å². The Hall–Kier alpha value is -2.96. The van der Waals surface area contributed by atoms with E-state index in [1.807, 2.05) is 20.8 Å². The van der Waals surface area contributed by atoms with E-state index in [0.717, 1.165) is 11.8 Å². The molecule has 1 aliphatic heterocycles. The zero-order valence-electron chi connectivity index (χ0n) is 19.6. The van der Waals surface area contributed by atoms with Crippen LogP contribution in [0.15, 0.2) is 23.6 Å². The van der Waals surface area contributed by atoms with Crippen LogP contribution in [0.5, 0.6) is 5.75 Å². The molecule has 1 aromatic heterocycles. The Balaban J connectivity index is 1.96. The van der Waals surface area contributed by atoms with Crippen LogP contribution in [0.4, 0.5) is 15.5 Å². The summed E-state index contributed by atoms with van der Waals surface area (Å²) >= 11 is 1.26. The van der Waals surface area contributed by atoms with Crippen molar-refractivity contribution in [3.05, 3.63) is 40.3 Å². The van der Waals surface area contributed by atoms with Gasteiger partial charge in [0.05, 0.1) is 23.9 Å². The molecule has 1 saturated heterocycles. The lowest BCUT2D eigenvalue weighted by atomic mass is 9.84. The molecule has 0 atom stereocenters. The molecular formula is C22H28N4O6S2. The first kappa shape index (κ1) is 25.7. The number of nitrogens with zero attached hydrogens (tertiary/aromatic N) is 1. The summed E-state index contributed by atoms with van der Waals surface area (Å²) in [6.07, 6.45) is 1.23. The van der Waals surface area contributed by atoms with Crippen molar-refractivity contribution in [2.45, 2.75) is 39.2 Å². The van der Waals surface area contributed by atoms with Crippen molar-refractivity contribution >= 4 is 49.9 Å². The molecule has 2 aromatic rings. The Bertz CT molecular complexity index is 1230. The Kier molecular flexibility index (Phi) is 7.34. The van der Waals surface area contributed by atoms with Crippen LogP contribution in [0.25, 0.3) is 0 Å². The molecule has 0 spiro atoms. The fourth-order valence-corrected chi connectivity index (χ4v) is 4.68. The molecule has 184 valence electrons. The van der Waals surface area contributed by atoms with Crippen molar-refractivity contribution in [1.82, 2.24) is 10.0 Å². The maximum absolute atomic E-state index is 13.3. The van der Waals surface area contributed by atoms with E-state index in [4.69, 9.17) is 4.74 Å². The molecule has 34 heavy (non-hydrogen) atoms. The minimum Gasteiger partial charge on any atom is -0.496 e. The minimum atomic E-state index is -3.34. The number of urea groups is 1. The van der Waals surface area contributed by atoms with Gasteiger partial charge < -0.3 is 10.1 Å². The summed E-state index contributed by atoms with van der Waals surface area (Å²) in [5, 5.41) is 7.40. The van der Waals surface area contributed by atoms with Gasteiger partial charge in [0.25, 0.3) is 5.91 Å². The SMILES string of the molecule is COc1c(C(=O)Nc2cc(CNS(C)(=O)=O)cs2)cc(N2CCC(=O)NC2=O)cc1C(C)(C)C. The molecule has 1 fully saturated rings. The number of hydrogen-bond donors (Lipinski definition) is 3. The Morgan fingerprint density at radius 3 is 2.53 bits per heavy atom. The zero-order chi connectivity index (χ0) is 25.3. The van der Waals surface area contributed by atoms with Crippen molar-refractivity contribution in [2.24, 2.45) is 0 Å². The van der Waals surface area contributed by atoms with Gasteiger partial charge in [0.15, 0.2) is 0 Å². The molecule has 4 amide bonds. The first-order valence-electron chi connectivity index (χ1n) is 10.5. The number of thiophene rings is 1. The van der Waals surface area contributed by atoms with Crippen LogP contribution in [0.1, 0.15) is 48.7 Å². The van der Waals surface area contributed by atoms with Gasteiger partial charge in [-0.05, 0) is 34.6 Å². The summed E-state index contributed by atoms with van der Waals surface area (Å²) in [6, 6.07) is 4.50. The second-order valence-electron chi connectivity index (χ2n) is 8.95. The molecule has 0 aliphatic carbocycles. The molecule has 10 nitrogen and oxygen atoms in total. The van der Waals surface area contributed by atoms with E-state index in [1.165, 1.54) is 23.3 Å². The Morgan fingerprint density at radius 1 is 1.24 bits per heavy atom. The third kappa shape index (κ3) is 6.13. The lowest BCUT2D eigenvalue weighted by molar-refractivity contribution is -0.120. The van der Waals surface area contributed by atoms with Crippen LogP contribution in [-0.2, 0) is 26.8 Å². The monoisotopic (exact) mass is 508 g/mol. The largest absolute Gasteiger partial charge is 0.496 e. The van der Waals surface area contributed by atoms with Gasteiger partial charge >= 0.3 is 6.03 Å². The average Bonchev–Trinajstić information content (AvgIpc) is 3.17. The highest BCUT2D eigenvalue weighted by atomic mass is 32.2. The van der Waals surface area contributed by atoms with Gasteiger partial charge in [-0.3, -0.25) is 19.8 Å². The summed E-state index contributed by atoms with van der Waals surface area (Å²) < 4.78 is 30.7. The number of amides is 4. The summed E-state index contributed by atoms with van der Waals surface area (Å²) in [5.41, 5.74) is 1.73. The lowest BCUT2D eigenvalue weighted by Crippen LogP contribution is -2.49. The number of imide groups is 1. The second-order valence-corrected chi connectivity index (χ2v) is 11.7. The molecular weight excluding hydrogens is 480 g/mol. The highest BCUT2D eigenvalue weighted by molar-refractivity contribution is 7.88. The molecule has 1 aliphatic rings. The fourth-order valence-electron chi connectivity index (χ4n) is 3.45. The second kappa shape index (κ2) is 9.72. The summed E-state index contributed by atoms with van der Waals surface area (Å²) in [7, 11) is -1.86. The number of carbonyl (C=O) groups is 3. The lowest BCUT2D eigenvalue weighted by Gasteiger charge is -2.30. The molecule has 0 unspecified atom stereocenters. The molecule has 2 heterocycles. The standard InChI is InChI=1S/C22H28N4O6S2/c1-22(2,3)16-10-14(26-7-6-17(27)24-21(26)29)9-15(19(16)32-4)20(28)25-18-8-13(12-33-18)11-23-34(5,30)31/h8-10,12,23H,6-7,11H2,1-5H3,(H,25,28)(H,24,27,29). The summed E-state index contributed by atoms with van der Waals surface area (Å²) in [6.45, 7) is 6.22. The molecule has 0 radical (unpaired) electrons. The van der Waals surface area contributed by atoms with Crippen LogP contribution >= 0.6 is 11.3 Å². The van der Waals surface area contributed by atoms with Crippen LogP contribution in [-0.4, -0.2) is 46.2 Å². The number of methoxy groups -OCH3 is 1. The smallest absolute Gasteiger partial charge is 0.328 e. The van der Waals surface area contributed by atoms with E-state index in [2.05, 4.69) is 15.4 Å². The van der Waals surface area contributed by atoms with Crippen LogP contribution in [0, 0.1) is 0 Å². The first-order chi connectivity index (χ1) is 15.8. The van der Waals surface area contributed by atoms with Crippen LogP contribution in [0.2, 0.25) is 0 Å². The number of nitrogens with one attached hydrogen (secondary N) is 3.